The second kappa shape index (κ2) is 9.97. The summed E-state index contributed by atoms with van der Waals surface area (Å²) in [6.45, 7) is 1.82. The van der Waals surface area contributed by atoms with Gasteiger partial charge in [0, 0.05) is 13.5 Å². The SMILES string of the molecule is CC(=O)Oc1ccc(N2C(=O)CC(N(CCC3=CCCCC3)C(=O)C34CC5CC(CC(C5)C3)C4)C2=O)cc1. The average molecular weight is 519 g/mol. The number of amides is 3. The normalized spacial score (nSPS) is 31.9. The van der Waals surface area contributed by atoms with Crippen LogP contribution in [0.4, 0.5) is 5.69 Å². The molecule has 7 nitrogen and oxygen atoms in total. The first-order valence-corrected chi connectivity index (χ1v) is 14.5. The molecule has 202 valence electrons. The van der Waals surface area contributed by atoms with Crippen LogP contribution in [0.3, 0.4) is 0 Å². The van der Waals surface area contributed by atoms with E-state index in [0.717, 1.165) is 38.5 Å². The Kier molecular flexibility index (Phi) is 6.65. The first kappa shape index (κ1) is 25.3. The van der Waals surface area contributed by atoms with E-state index in [1.54, 1.807) is 24.3 Å². The van der Waals surface area contributed by atoms with E-state index in [-0.39, 0.29) is 29.6 Å². The number of benzene rings is 1. The Morgan fingerprint density at radius 2 is 1.66 bits per heavy atom. The lowest BCUT2D eigenvalue weighted by atomic mass is 9.49. The van der Waals surface area contributed by atoms with Crippen molar-refractivity contribution >= 4 is 29.4 Å². The number of esters is 1. The molecule has 0 aromatic heterocycles. The third kappa shape index (κ3) is 4.69. The van der Waals surface area contributed by atoms with E-state index < -0.39 is 12.0 Å². The highest BCUT2D eigenvalue weighted by Gasteiger charge is 2.57. The van der Waals surface area contributed by atoms with Gasteiger partial charge in [0.2, 0.25) is 11.8 Å². The van der Waals surface area contributed by atoms with Gasteiger partial charge in [0.15, 0.2) is 0 Å². The quantitative estimate of drug-likeness (QED) is 0.215. The van der Waals surface area contributed by atoms with Crippen molar-refractivity contribution in [3.05, 3.63) is 35.9 Å². The van der Waals surface area contributed by atoms with Crippen LogP contribution >= 0.6 is 0 Å². The Morgan fingerprint density at radius 3 is 2.24 bits per heavy atom. The van der Waals surface area contributed by atoms with Gasteiger partial charge in [0.1, 0.15) is 11.8 Å². The van der Waals surface area contributed by atoms with E-state index in [9.17, 15) is 19.2 Å². The summed E-state index contributed by atoms with van der Waals surface area (Å²) in [6.07, 6.45) is 14.2. The fraction of sp³-hybridized carbons (Fsp3) is 0.613. The number of hydrogen-bond acceptors (Lipinski definition) is 5. The lowest BCUT2D eigenvalue weighted by Crippen LogP contribution is -2.57. The fourth-order valence-electron chi connectivity index (χ4n) is 8.43. The number of allylic oxidation sites excluding steroid dienone is 1. The number of nitrogens with zero attached hydrogens (tertiary/aromatic N) is 2. The van der Waals surface area contributed by atoms with Crippen molar-refractivity contribution in [1.82, 2.24) is 4.90 Å². The summed E-state index contributed by atoms with van der Waals surface area (Å²) in [5.74, 6) is 1.30. The molecule has 1 atom stereocenters. The van der Waals surface area contributed by atoms with E-state index in [1.807, 2.05) is 4.90 Å². The van der Waals surface area contributed by atoms with Crippen LogP contribution in [0.1, 0.15) is 84.0 Å². The van der Waals surface area contributed by atoms with Crippen LogP contribution in [-0.2, 0) is 19.2 Å². The number of hydrogen-bond donors (Lipinski definition) is 0. The predicted molar refractivity (Wildman–Crippen MR) is 142 cm³/mol. The highest BCUT2D eigenvalue weighted by molar-refractivity contribution is 6.23. The summed E-state index contributed by atoms with van der Waals surface area (Å²) in [7, 11) is 0. The predicted octanol–water partition coefficient (Wildman–Crippen LogP) is 5.18. The molecular weight excluding hydrogens is 480 g/mol. The van der Waals surface area contributed by atoms with Gasteiger partial charge in [-0.05, 0) is 113 Å². The Morgan fingerprint density at radius 1 is 1.00 bits per heavy atom. The van der Waals surface area contributed by atoms with Crippen LogP contribution in [0.15, 0.2) is 35.9 Å². The monoisotopic (exact) mass is 518 g/mol. The van der Waals surface area contributed by atoms with Gasteiger partial charge in [-0.2, -0.15) is 0 Å². The van der Waals surface area contributed by atoms with E-state index in [0.29, 0.717) is 35.7 Å². The zero-order valence-electron chi connectivity index (χ0n) is 22.3. The largest absolute Gasteiger partial charge is 0.427 e. The van der Waals surface area contributed by atoms with Crippen molar-refractivity contribution in [2.75, 3.05) is 11.4 Å². The van der Waals surface area contributed by atoms with Crippen molar-refractivity contribution in [2.45, 2.75) is 90.0 Å². The van der Waals surface area contributed by atoms with Gasteiger partial charge in [0.25, 0.3) is 5.91 Å². The summed E-state index contributed by atoms with van der Waals surface area (Å²) in [4.78, 5) is 55.8. The highest BCUT2D eigenvalue weighted by Crippen LogP contribution is 2.60. The number of carbonyl (C=O) groups is 4. The summed E-state index contributed by atoms with van der Waals surface area (Å²) in [5.41, 5.74) is 1.45. The van der Waals surface area contributed by atoms with Crippen LogP contribution in [0.2, 0.25) is 0 Å². The first-order chi connectivity index (χ1) is 18.3. The molecule has 5 aliphatic carbocycles. The zero-order valence-corrected chi connectivity index (χ0v) is 22.3. The summed E-state index contributed by atoms with van der Waals surface area (Å²) in [5, 5.41) is 0. The number of ether oxygens (including phenoxy) is 1. The Balaban J connectivity index is 1.26. The molecule has 38 heavy (non-hydrogen) atoms. The molecule has 6 aliphatic rings. The molecule has 5 fully saturated rings. The Labute approximate surface area is 224 Å². The van der Waals surface area contributed by atoms with Crippen molar-refractivity contribution in [3.63, 3.8) is 0 Å². The van der Waals surface area contributed by atoms with Crippen molar-refractivity contribution < 1.29 is 23.9 Å². The molecule has 7 heteroatoms. The minimum atomic E-state index is -0.764. The molecule has 0 spiro atoms. The van der Waals surface area contributed by atoms with Gasteiger partial charge in [-0.3, -0.25) is 19.2 Å². The molecule has 1 unspecified atom stereocenters. The molecule has 4 bridgehead atoms. The van der Waals surface area contributed by atoms with Crippen LogP contribution in [0.25, 0.3) is 0 Å². The van der Waals surface area contributed by atoms with Gasteiger partial charge >= 0.3 is 5.97 Å². The fourth-order valence-corrected chi connectivity index (χ4v) is 8.43. The van der Waals surface area contributed by atoms with Crippen LogP contribution in [-0.4, -0.2) is 41.2 Å². The molecule has 0 radical (unpaired) electrons. The second-order valence-electron chi connectivity index (χ2n) is 12.4. The van der Waals surface area contributed by atoms with Gasteiger partial charge in [-0.25, -0.2) is 4.90 Å². The molecule has 3 amide bonds. The third-order valence-corrected chi connectivity index (χ3v) is 9.67. The number of imide groups is 1. The number of rotatable bonds is 7. The Hall–Kier alpha value is -2.96. The molecular formula is C31H38N2O5. The molecule has 4 saturated carbocycles. The molecule has 1 aliphatic heterocycles. The summed E-state index contributed by atoms with van der Waals surface area (Å²) < 4.78 is 5.10. The van der Waals surface area contributed by atoms with Crippen LogP contribution in [0.5, 0.6) is 5.75 Å². The molecule has 1 heterocycles. The molecule has 1 aromatic rings. The third-order valence-electron chi connectivity index (χ3n) is 9.67. The Bertz CT molecular complexity index is 1130. The van der Waals surface area contributed by atoms with Crippen molar-refractivity contribution in [3.8, 4) is 5.75 Å². The first-order valence-electron chi connectivity index (χ1n) is 14.5. The van der Waals surface area contributed by atoms with E-state index in [1.165, 1.54) is 49.5 Å². The standard InChI is InChI=1S/C31H38N2O5/c1-20(34)38-26-9-7-25(8-10-26)33-28(35)16-27(29(33)36)32(12-11-21-5-3-2-4-6-21)30(37)31-17-22-13-23(18-31)15-24(14-22)19-31/h5,7-10,22-24,27H,2-4,6,11-19H2,1H3. The smallest absolute Gasteiger partial charge is 0.308 e. The molecule has 1 saturated heterocycles. The van der Waals surface area contributed by atoms with Gasteiger partial charge in [-0.15, -0.1) is 0 Å². The number of carbonyl (C=O) groups excluding carboxylic acids is 4. The van der Waals surface area contributed by atoms with E-state index in [4.69, 9.17) is 4.74 Å². The molecule has 1 aromatic carbocycles. The van der Waals surface area contributed by atoms with Gasteiger partial charge < -0.3 is 9.64 Å². The summed E-state index contributed by atoms with van der Waals surface area (Å²) in [6, 6.07) is 5.64. The maximum atomic E-state index is 14.5. The van der Waals surface area contributed by atoms with Gasteiger partial charge in [0.05, 0.1) is 17.5 Å². The maximum absolute atomic E-state index is 14.5. The second-order valence-corrected chi connectivity index (χ2v) is 12.4. The average Bonchev–Trinajstić information content (AvgIpc) is 3.17. The van der Waals surface area contributed by atoms with Gasteiger partial charge in [-0.1, -0.05) is 11.6 Å². The molecule has 7 rings (SSSR count). The zero-order chi connectivity index (χ0) is 26.4. The minimum absolute atomic E-state index is 0.0156. The maximum Gasteiger partial charge on any atom is 0.308 e. The lowest BCUT2D eigenvalue weighted by Gasteiger charge is -2.57. The highest BCUT2D eigenvalue weighted by atomic mass is 16.5. The minimum Gasteiger partial charge on any atom is -0.427 e. The van der Waals surface area contributed by atoms with E-state index >= 15 is 0 Å². The topological polar surface area (TPSA) is 84.0 Å². The van der Waals surface area contributed by atoms with Crippen molar-refractivity contribution in [1.29, 1.82) is 0 Å². The van der Waals surface area contributed by atoms with Crippen LogP contribution in [0, 0.1) is 23.2 Å². The molecule has 0 N–H and O–H groups in total. The van der Waals surface area contributed by atoms with Crippen LogP contribution < -0.4 is 9.64 Å². The lowest BCUT2D eigenvalue weighted by molar-refractivity contribution is -0.161. The van der Waals surface area contributed by atoms with E-state index in [2.05, 4.69) is 6.08 Å². The summed E-state index contributed by atoms with van der Waals surface area (Å²) >= 11 is 0. The number of anilines is 1. The van der Waals surface area contributed by atoms with Crippen molar-refractivity contribution in [2.24, 2.45) is 23.2 Å².